The molecule has 4 rings (SSSR count). The molecular weight excluding hydrogens is 572 g/mol. The van der Waals surface area contributed by atoms with Gasteiger partial charge in [0, 0.05) is 22.9 Å². The number of alkyl halides is 6. The van der Waals surface area contributed by atoms with E-state index in [-0.39, 0.29) is 17.9 Å². The van der Waals surface area contributed by atoms with Crippen LogP contribution in [0, 0.1) is 11.3 Å². The Balaban J connectivity index is 1.84. The number of ether oxygens (including phenoxy) is 3. The average Bonchev–Trinajstić information content (AvgIpc) is 3.08. The normalized spacial score (nSPS) is 15.2. The minimum Gasteiger partial charge on any atom is -0.497 e. The summed E-state index contributed by atoms with van der Waals surface area (Å²) in [5.41, 5.74) is -3.68. The first-order chi connectivity index (χ1) is 19.8. The molecule has 0 aromatic heterocycles. The summed E-state index contributed by atoms with van der Waals surface area (Å²) in [6, 6.07) is 9.49. The van der Waals surface area contributed by atoms with E-state index in [9.17, 15) is 35.9 Å². The van der Waals surface area contributed by atoms with Crippen molar-refractivity contribution >= 4 is 17.5 Å². The van der Waals surface area contributed by atoms with Crippen molar-refractivity contribution in [3.05, 3.63) is 82.4 Å². The highest BCUT2D eigenvalue weighted by Gasteiger charge is 2.43. The molecule has 0 fully saturated rings. The van der Waals surface area contributed by atoms with Gasteiger partial charge in [-0.25, -0.2) is 0 Å². The third-order valence-corrected chi connectivity index (χ3v) is 6.41. The summed E-state index contributed by atoms with van der Waals surface area (Å²) in [7, 11) is 2.75. The molecule has 3 aromatic rings. The van der Waals surface area contributed by atoms with Gasteiger partial charge in [-0.05, 0) is 36.4 Å². The summed E-state index contributed by atoms with van der Waals surface area (Å²) in [5, 5.41) is 11.3. The fourth-order valence-electron chi connectivity index (χ4n) is 4.48. The molecule has 1 atom stereocenters. The van der Waals surface area contributed by atoms with Gasteiger partial charge in [0.15, 0.2) is 6.61 Å². The van der Waals surface area contributed by atoms with Crippen molar-refractivity contribution in [1.82, 2.24) is 4.90 Å². The second-order valence-electron chi connectivity index (χ2n) is 8.97. The zero-order chi connectivity index (χ0) is 30.8. The highest BCUT2D eigenvalue weighted by atomic mass is 19.4. The summed E-state index contributed by atoms with van der Waals surface area (Å²) < 4.78 is 98.0. The number of nitrogens with zero attached hydrogens (tertiary/aromatic N) is 2. The van der Waals surface area contributed by atoms with Gasteiger partial charge in [-0.15, -0.1) is 0 Å². The Hall–Kier alpha value is -4.93. The molecule has 0 radical (unpaired) electrons. The molecule has 220 valence electrons. The van der Waals surface area contributed by atoms with E-state index in [2.05, 4.69) is 5.32 Å². The van der Waals surface area contributed by atoms with Crippen LogP contribution in [0.2, 0.25) is 0 Å². The van der Waals surface area contributed by atoms with Crippen molar-refractivity contribution in [1.29, 1.82) is 5.26 Å². The fraction of sp³-hybridized carbons (Fsp3) is 0.250. The SMILES string of the molecule is COc1ccc(CN2C(=O)COc3c(cccc3C(F)(F)F)C2C(=O)Nc2ccc(C#N)c(C(F)(F)F)c2)c(OC)c1. The Bertz CT molecular complexity index is 1570. The zero-order valence-electron chi connectivity index (χ0n) is 21.9. The number of carbonyl (C=O) groups excluding carboxylic acids is 2. The van der Waals surface area contributed by atoms with Gasteiger partial charge in [0.25, 0.3) is 11.8 Å². The molecule has 14 heteroatoms. The fourth-order valence-corrected chi connectivity index (χ4v) is 4.48. The van der Waals surface area contributed by atoms with Gasteiger partial charge in [0.1, 0.15) is 23.3 Å². The van der Waals surface area contributed by atoms with Gasteiger partial charge in [0.05, 0.1) is 43.5 Å². The van der Waals surface area contributed by atoms with Crippen LogP contribution < -0.4 is 19.5 Å². The van der Waals surface area contributed by atoms with E-state index in [0.717, 1.165) is 35.2 Å². The van der Waals surface area contributed by atoms with Gasteiger partial charge in [0.2, 0.25) is 0 Å². The predicted octanol–water partition coefficient (Wildman–Crippen LogP) is 5.71. The molecule has 8 nitrogen and oxygen atoms in total. The molecule has 1 aliphatic rings. The van der Waals surface area contributed by atoms with E-state index in [1.807, 2.05) is 0 Å². The summed E-state index contributed by atoms with van der Waals surface area (Å²) in [4.78, 5) is 28.0. The van der Waals surface area contributed by atoms with Gasteiger partial charge in [-0.1, -0.05) is 12.1 Å². The molecule has 0 bridgehead atoms. The number of halogens is 6. The lowest BCUT2D eigenvalue weighted by Gasteiger charge is -2.30. The Labute approximate surface area is 235 Å². The molecule has 2 amide bonds. The first-order valence-corrected chi connectivity index (χ1v) is 12.0. The van der Waals surface area contributed by atoms with Crippen LogP contribution >= 0.6 is 0 Å². The number of rotatable bonds is 6. The van der Waals surface area contributed by atoms with Gasteiger partial charge < -0.3 is 24.4 Å². The summed E-state index contributed by atoms with van der Waals surface area (Å²) in [6.07, 6.45) is -9.86. The number of nitrogens with one attached hydrogen (secondary N) is 1. The quantitative estimate of drug-likeness (QED) is 0.368. The molecule has 0 spiro atoms. The number of benzene rings is 3. The number of nitriles is 1. The summed E-state index contributed by atoms with van der Waals surface area (Å²) in [5.74, 6) is -2.14. The second-order valence-corrected chi connectivity index (χ2v) is 8.97. The first kappa shape index (κ1) is 30.0. The predicted molar refractivity (Wildman–Crippen MR) is 135 cm³/mol. The van der Waals surface area contributed by atoms with Gasteiger partial charge in [-0.3, -0.25) is 9.59 Å². The minimum absolute atomic E-state index is 0.234. The Morgan fingerprint density at radius 2 is 1.74 bits per heavy atom. The van der Waals surface area contributed by atoms with Crippen molar-refractivity contribution in [3.8, 4) is 23.3 Å². The van der Waals surface area contributed by atoms with Crippen molar-refractivity contribution in [2.75, 3.05) is 26.1 Å². The summed E-state index contributed by atoms with van der Waals surface area (Å²) in [6.45, 7) is -1.22. The number of hydrogen-bond acceptors (Lipinski definition) is 6. The second kappa shape index (κ2) is 11.5. The van der Waals surface area contributed by atoms with Crippen LogP contribution in [0.15, 0.2) is 54.6 Å². The van der Waals surface area contributed by atoms with Crippen LogP contribution in [0.1, 0.15) is 33.9 Å². The Kier molecular flexibility index (Phi) is 8.24. The molecule has 0 saturated heterocycles. The number of fused-ring (bicyclic) bond motifs is 1. The number of para-hydroxylation sites is 1. The molecule has 0 aliphatic carbocycles. The van der Waals surface area contributed by atoms with E-state index < -0.39 is 64.9 Å². The number of amides is 2. The van der Waals surface area contributed by atoms with Crippen molar-refractivity contribution < 1.29 is 50.1 Å². The number of anilines is 1. The molecule has 1 N–H and O–H groups in total. The highest BCUT2D eigenvalue weighted by Crippen LogP contribution is 2.44. The molecule has 42 heavy (non-hydrogen) atoms. The lowest BCUT2D eigenvalue weighted by molar-refractivity contribution is -0.141. The molecule has 1 unspecified atom stereocenters. The van der Waals surface area contributed by atoms with Crippen LogP contribution in [0.25, 0.3) is 0 Å². The van der Waals surface area contributed by atoms with E-state index in [1.165, 1.54) is 38.5 Å². The number of carbonyl (C=O) groups is 2. The van der Waals surface area contributed by atoms with E-state index >= 15 is 0 Å². The van der Waals surface area contributed by atoms with Crippen LogP contribution in [0.5, 0.6) is 17.2 Å². The Morgan fingerprint density at radius 1 is 1.02 bits per heavy atom. The highest BCUT2D eigenvalue weighted by molar-refractivity contribution is 5.99. The third-order valence-electron chi connectivity index (χ3n) is 6.41. The van der Waals surface area contributed by atoms with Crippen molar-refractivity contribution in [3.63, 3.8) is 0 Å². The maximum Gasteiger partial charge on any atom is 0.419 e. The standard InChI is InChI=1S/C28H21F6N3O5/c1-40-18-9-7-16(22(11-18)41-2)13-37-23(38)14-42-25-19(4-3-5-20(25)27(29,30)31)24(37)26(39)36-17-8-6-15(12-35)21(10-17)28(32,33)34/h3-11,24H,13-14H2,1-2H3,(H,36,39). The molecular formula is C28H21F6N3O5. The lowest BCUT2D eigenvalue weighted by Crippen LogP contribution is -2.41. The number of hydrogen-bond donors (Lipinski definition) is 1. The zero-order valence-corrected chi connectivity index (χ0v) is 21.9. The largest absolute Gasteiger partial charge is 0.497 e. The van der Waals surface area contributed by atoms with Crippen LogP contribution in [0.4, 0.5) is 32.0 Å². The monoisotopic (exact) mass is 593 g/mol. The van der Waals surface area contributed by atoms with Crippen molar-refractivity contribution in [2.24, 2.45) is 0 Å². The smallest absolute Gasteiger partial charge is 0.419 e. The van der Waals surface area contributed by atoms with Gasteiger partial charge >= 0.3 is 12.4 Å². The molecule has 0 saturated carbocycles. The van der Waals surface area contributed by atoms with Crippen LogP contribution in [0.3, 0.4) is 0 Å². The first-order valence-electron chi connectivity index (χ1n) is 12.0. The summed E-state index contributed by atoms with van der Waals surface area (Å²) >= 11 is 0. The maximum atomic E-state index is 13.9. The van der Waals surface area contributed by atoms with E-state index in [1.54, 1.807) is 0 Å². The number of methoxy groups -OCH3 is 2. The molecule has 1 aliphatic heterocycles. The average molecular weight is 593 g/mol. The molecule has 1 heterocycles. The van der Waals surface area contributed by atoms with E-state index in [0.29, 0.717) is 17.4 Å². The van der Waals surface area contributed by atoms with Crippen LogP contribution in [-0.2, 0) is 28.5 Å². The third kappa shape index (κ3) is 6.04. The molecule has 3 aromatic carbocycles. The van der Waals surface area contributed by atoms with E-state index in [4.69, 9.17) is 19.5 Å². The Morgan fingerprint density at radius 3 is 2.36 bits per heavy atom. The lowest BCUT2D eigenvalue weighted by atomic mass is 9.98. The topological polar surface area (TPSA) is 101 Å². The van der Waals surface area contributed by atoms with Crippen LogP contribution in [-0.4, -0.2) is 37.5 Å². The van der Waals surface area contributed by atoms with Crippen molar-refractivity contribution in [2.45, 2.75) is 24.9 Å². The minimum atomic E-state index is -4.94. The maximum absolute atomic E-state index is 13.9. The van der Waals surface area contributed by atoms with Gasteiger partial charge in [-0.2, -0.15) is 31.6 Å².